The van der Waals surface area contributed by atoms with E-state index in [4.69, 9.17) is 0 Å². The maximum Gasteiger partial charge on any atom is 0.192 e. The molecule has 0 radical (unpaired) electrons. The highest BCUT2D eigenvalue weighted by Gasteiger charge is 2.30. The molecule has 3 aromatic rings. The van der Waals surface area contributed by atoms with E-state index >= 15 is 0 Å². The Morgan fingerprint density at radius 2 is 1.86 bits per heavy atom. The highest BCUT2D eigenvalue weighted by atomic mass is 32.2. The molecule has 6 heteroatoms. The number of hydrogen-bond donors (Lipinski definition) is 0. The predicted molar refractivity (Wildman–Crippen MR) is 112 cm³/mol. The van der Waals surface area contributed by atoms with E-state index in [0.717, 1.165) is 41.4 Å². The fourth-order valence-corrected chi connectivity index (χ4v) is 4.09. The van der Waals surface area contributed by atoms with Crippen LogP contribution < -0.4 is 0 Å². The SMILES string of the molecule is CCCCc1ccc(C(=O)CSc2nnc(-c3ccncc3)n2C2CC2)cc1. The Balaban J connectivity index is 1.45. The largest absolute Gasteiger partial charge is 0.299 e. The number of nitrogens with zero attached hydrogens (tertiary/aromatic N) is 4. The van der Waals surface area contributed by atoms with E-state index in [1.54, 1.807) is 12.4 Å². The molecule has 2 aromatic heterocycles. The molecule has 0 bridgehead atoms. The van der Waals surface area contributed by atoms with E-state index in [9.17, 15) is 4.79 Å². The van der Waals surface area contributed by atoms with Gasteiger partial charge in [0, 0.05) is 29.6 Å². The van der Waals surface area contributed by atoms with E-state index in [0.29, 0.717) is 11.8 Å². The van der Waals surface area contributed by atoms with Crippen molar-refractivity contribution >= 4 is 17.5 Å². The first-order valence-corrected chi connectivity index (χ1v) is 10.8. The number of aryl methyl sites for hydroxylation is 1. The first-order chi connectivity index (χ1) is 13.8. The molecule has 28 heavy (non-hydrogen) atoms. The quantitative estimate of drug-likeness (QED) is 0.379. The molecular formula is C22H24N4OS. The van der Waals surface area contributed by atoms with Crippen LogP contribution in [0.1, 0.15) is 54.6 Å². The Morgan fingerprint density at radius 1 is 1.11 bits per heavy atom. The van der Waals surface area contributed by atoms with Crippen LogP contribution in [-0.4, -0.2) is 31.3 Å². The van der Waals surface area contributed by atoms with Crippen LogP contribution in [-0.2, 0) is 6.42 Å². The van der Waals surface area contributed by atoms with E-state index in [1.165, 1.54) is 30.2 Å². The first-order valence-electron chi connectivity index (χ1n) is 9.86. The lowest BCUT2D eigenvalue weighted by molar-refractivity contribution is 0.102. The smallest absolute Gasteiger partial charge is 0.192 e. The molecule has 1 aliphatic rings. The number of carbonyl (C=O) groups is 1. The van der Waals surface area contributed by atoms with Crippen LogP contribution in [0.15, 0.2) is 53.9 Å². The number of hydrogen-bond acceptors (Lipinski definition) is 5. The lowest BCUT2D eigenvalue weighted by Crippen LogP contribution is -2.05. The summed E-state index contributed by atoms with van der Waals surface area (Å²) < 4.78 is 2.18. The second-order valence-electron chi connectivity index (χ2n) is 7.16. The minimum Gasteiger partial charge on any atom is -0.299 e. The summed E-state index contributed by atoms with van der Waals surface area (Å²) in [6.07, 6.45) is 9.24. The Bertz CT molecular complexity index is 933. The highest BCUT2D eigenvalue weighted by Crippen LogP contribution is 2.41. The van der Waals surface area contributed by atoms with Gasteiger partial charge in [-0.05, 0) is 43.4 Å². The van der Waals surface area contributed by atoms with Crippen LogP contribution in [0, 0.1) is 0 Å². The average molecular weight is 393 g/mol. The van der Waals surface area contributed by atoms with Gasteiger partial charge in [-0.2, -0.15) is 0 Å². The van der Waals surface area contributed by atoms with Crippen LogP contribution in [0.2, 0.25) is 0 Å². The number of pyridine rings is 1. The van der Waals surface area contributed by atoms with Crippen molar-refractivity contribution in [2.24, 2.45) is 0 Å². The zero-order valence-electron chi connectivity index (χ0n) is 16.0. The van der Waals surface area contributed by atoms with Crippen molar-refractivity contribution in [1.82, 2.24) is 19.7 Å². The van der Waals surface area contributed by atoms with Crippen molar-refractivity contribution in [3.63, 3.8) is 0 Å². The molecule has 0 aliphatic heterocycles. The molecule has 0 unspecified atom stereocenters. The number of rotatable bonds is 9. The van der Waals surface area contributed by atoms with Gasteiger partial charge in [0.25, 0.3) is 0 Å². The summed E-state index contributed by atoms with van der Waals surface area (Å²) in [6.45, 7) is 2.19. The zero-order chi connectivity index (χ0) is 19.3. The number of unbranched alkanes of at least 4 members (excludes halogenated alkanes) is 1. The second kappa shape index (κ2) is 8.69. The molecule has 0 amide bonds. The Labute approximate surface area is 169 Å². The summed E-state index contributed by atoms with van der Waals surface area (Å²) >= 11 is 1.48. The molecule has 4 rings (SSSR count). The van der Waals surface area contributed by atoms with Crippen molar-refractivity contribution in [2.45, 2.75) is 50.2 Å². The minimum atomic E-state index is 0.128. The summed E-state index contributed by atoms with van der Waals surface area (Å²) in [5.74, 6) is 1.36. The van der Waals surface area contributed by atoms with Crippen LogP contribution >= 0.6 is 11.8 Å². The summed E-state index contributed by atoms with van der Waals surface area (Å²) in [5, 5.41) is 9.58. The van der Waals surface area contributed by atoms with Crippen LogP contribution in [0.5, 0.6) is 0 Å². The number of aromatic nitrogens is 4. The van der Waals surface area contributed by atoms with E-state index in [1.807, 2.05) is 24.3 Å². The van der Waals surface area contributed by atoms with Gasteiger partial charge in [-0.25, -0.2) is 0 Å². The molecule has 0 spiro atoms. The maximum absolute atomic E-state index is 12.6. The minimum absolute atomic E-state index is 0.128. The molecule has 144 valence electrons. The predicted octanol–water partition coefficient (Wildman–Crippen LogP) is 4.99. The third-order valence-corrected chi connectivity index (χ3v) is 5.89. The van der Waals surface area contributed by atoms with Crippen molar-refractivity contribution in [1.29, 1.82) is 0 Å². The Kier molecular flexibility index (Phi) is 5.86. The Morgan fingerprint density at radius 3 is 2.54 bits per heavy atom. The first kappa shape index (κ1) is 18.9. The van der Waals surface area contributed by atoms with Gasteiger partial charge in [0.15, 0.2) is 16.8 Å². The monoisotopic (exact) mass is 392 g/mol. The normalized spacial score (nSPS) is 13.6. The van der Waals surface area contributed by atoms with E-state index in [2.05, 4.69) is 38.8 Å². The summed E-state index contributed by atoms with van der Waals surface area (Å²) in [7, 11) is 0. The van der Waals surface area contributed by atoms with Gasteiger partial charge in [0.2, 0.25) is 0 Å². The fourth-order valence-electron chi connectivity index (χ4n) is 3.19. The van der Waals surface area contributed by atoms with Crippen LogP contribution in [0.25, 0.3) is 11.4 Å². The third kappa shape index (κ3) is 4.33. The molecule has 1 aromatic carbocycles. The van der Waals surface area contributed by atoms with Crippen molar-refractivity contribution in [3.8, 4) is 11.4 Å². The van der Waals surface area contributed by atoms with Crippen molar-refractivity contribution in [3.05, 3.63) is 59.9 Å². The molecule has 1 fully saturated rings. The molecule has 0 atom stereocenters. The Hall–Kier alpha value is -2.47. The van der Waals surface area contributed by atoms with Gasteiger partial charge in [-0.1, -0.05) is 49.4 Å². The molecule has 2 heterocycles. The van der Waals surface area contributed by atoms with Crippen molar-refractivity contribution < 1.29 is 4.79 Å². The standard InChI is InChI=1S/C22H24N4OS/c1-2-3-4-16-5-7-17(8-6-16)20(27)15-28-22-25-24-21(26(22)19-9-10-19)18-11-13-23-14-12-18/h5-8,11-14,19H,2-4,9-10,15H2,1H3. The lowest BCUT2D eigenvalue weighted by Gasteiger charge is -2.08. The van der Waals surface area contributed by atoms with E-state index in [-0.39, 0.29) is 5.78 Å². The van der Waals surface area contributed by atoms with Crippen molar-refractivity contribution in [2.75, 3.05) is 5.75 Å². The van der Waals surface area contributed by atoms with Crippen LogP contribution in [0.3, 0.4) is 0 Å². The van der Waals surface area contributed by atoms with Crippen LogP contribution in [0.4, 0.5) is 0 Å². The molecule has 1 aliphatic carbocycles. The maximum atomic E-state index is 12.6. The number of carbonyl (C=O) groups excluding carboxylic acids is 1. The molecular weight excluding hydrogens is 368 g/mol. The lowest BCUT2D eigenvalue weighted by atomic mass is 10.1. The number of Topliss-reactive ketones (excluding diaryl/α,β-unsaturated/α-hetero) is 1. The van der Waals surface area contributed by atoms with Gasteiger partial charge in [0.1, 0.15) is 0 Å². The fraction of sp³-hybridized carbons (Fsp3) is 0.364. The second-order valence-corrected chi connectivity index (χ2v) is 8.10. The molecule has 1 saturated carbocycles. The van der Waals surface area contributed by atoms with Gasteiger partial charge in [-0.15, -0.1) is 10.2 Å². The average Bonchev–Trinajstić information content (AvgIpc) is 3.50. The number of ketones is 1. The topological polar surface area (TPSA) is 60.7 Å². The number of benzene rings is 1. The zero-order valence-corrected chi connectivity index (χ0v) is 16.9. The molecule has 0 N–H and O–H groups in total. The van der Waals surface area contributed by atoms with Gasteiger partial charge in [0.05, 0.1) is 5.75 Å². The molecule has 0 saturated heterocycles. The highest BCUT2D eigenvalue weighted by molar-refractivity contribution is 7.99. The van der Waals surface area contributed by atoms with Gasteiger partial charge < -0.3 is 0 Å². The van der Waals surface area contributed by atoms with E-state index < -0.39 is 0 Å². The van der Waals surface area contributed by atoms with Gasteiger partial charge >= 0.3 is 0 Å². The summed E-state index contributed by atoms with van der Waals surface area (Å²) in [6, 6.07) is 12.4. The summed E-state index contributed by atoms with van der Waals surface area (Å²) in [5.41, 5.74) is 3.07. The third-order valence-electron chi connectivity index (χ3n) is 4.94. The van der Waals surface area contributed by atoms with Gasteiger partial charge in [-0.3, -0.25) is 14.3 Å². The number of thioether (sulfide) groups is 1. The summed E-state index contributed by atoms with van der Waals surface area (Å²) in [4.78, 5) is 16.7. The molecule has 5 nitrogen and oxygen atoms in total.